The second-order valence-electron chi connectivity index (χ2n) is 9.26. The lowest BCUT2D eigenvalue weighted by atomic mass is 9.85. The van der Waals surface area contributed by atoms with Crippen molar-refractivity contribution in [2.45, 2.75) is 75.6 Å². The van der Waals surface area contributed by atoms with Crippen LogP contribution in [0.2, 0.25) is 10.0 Å². The van der Waals surface area contributed by atoms with E-state index >= 15 is 0 Å². The highest BCUT2D eigenvalue weighted by Gasteiger charge is 2.40. The van der Waals surface area contributed by atoms with Gasteiger partial charge in [0, 0.05) is 20.3 Å². The summed E-state index contributed by atoms with van der Waals surface area (Å²) in [5, 5.41) is 31.1. The van der Waals surface area contributed by atoms with Crippen LogP contribution in [0.4, 0.5) is 0 Å². The monoisotopic (exact) mass is 562 g/mol. The number of alkyl halides is 1. The highest BCUT2D eigenvalue weighted by molar-refractivity contribution is 7.13. The fourth-order valence-electron chi connectivity index (χ4n) is 4.77. The molecule has 3 N–H and O–H groups in total. The third-order valence-electron chi connectivity index (χ3n) is 6.74. The van der Waals surface area contributed by atoms with Crippen LogP contribution in [0.25, 0.3) is 0 Å². The minimum absolute atomic E-state index is 0.0586. The van der Waals surface area contributed by atoms with E-state index in [9.17, 15) is 20.1 Å². The lowest BCUT2D eigenvalue weighted by molar-refractivity contribution is -0.0279. The van der Waals surface area contributed by atoms with Crippen LogP contribution < -0.4 is 0 Å². The molecule has 6 atom stereocenters. The zero-order valence-corrected chi connectivity index (χ0v) is 22.8. The molecule has 1 heterocycles. The maximum Gasteiger partial charge on any atom is 0.348 e. The largest absolute Gasteiger partial charge is 0.459 e. The molecule has 0 amide bonds. The van der Waals surface area contributed by atoms with E-state index in [1.165, 1.54) is 11.3 Å². The van der Waals surface area contributed by atoms with E-state index in [-0.39, 0.29) is 23.8 Å². The van der Waals surface area contributed by atoms with Gasteiger partial charge in [-0.3, -0.25) is 0 Å². The molecule has 3 rings (SSSR count). The van der Waals surface area contributed by atoms with Crippen LogP contribution in [-0.2, 0) is 17.6 Å². The van der Waals surface area contributed by atoms with Crippen molar-refractivity contribution in [1.82, 2.24) is 0 Å². The predicted octanol–water partition coefficient (Wildman–Crippen LogP) is 5.90. The Morgan fingerprint density at radius 3 is 2.49 bits per heavy atom. The van der Waals surface area contributed by atoms with Crippen molar-refractivity contribution in [2.24, 2.45) is 11.8 Å². The topological polar surface area (TPSA) is 87.0 Å². The Balaban J connectivity index is 1.48. The third-order valence-corrected chi connectivity index (χ3v) is 8.80. The summed E-state index contributed by atoms with van der Waals surface area (Å²) in [6.07, 6.45) is 2.78. The SMILES string of the molecule is CC[C@H](O)[C@H](O)COC(=O)c1ccc(CCC[C@@H]2[C@@H](CCc3cc(Cl)cc(Cl)c3)[C@H](O)C[C@H]2Cl)s1. The molecule has 1 aliphatic carbocycles. The predicted molar refractivity (Wildman–Crippen MR) is 142 cm³/mol. The summed E-state index contributed by atoms with van der Waals surface area (Å²) >= 11 is 20.2. The van der Waals surface area contributed by atoms with E-state index < -0.39 is 24.3 Å². The number of hydrogen-bond donors (Lipinski definition) is 3. The Kier molecular flexibility index (Phi) is 11.2. The Hall–Kier alpha value is -0.860. The number of carbonyl (C=O) groups excluding carboxylic acids is 1. The van der Waals surface area contributed by atoms with Crippen LogP contribution in [0.15, 0.2) is 30.3 Å². The molecule has 0 spiro atoms. The van der Waals surface area contributed by atoms with Crippen molar-refractivity contribution < 1.29 is 24.9 Å². The molecule has 9 heteroatoms. The normalized spacial score (nSPS) is 23.9. The Labute approximate surface area is 226 Å². The van der Waals surface area contributed by atoms with Gasteiger partial charge in [-0.05, 0) is 92.7 Å². The van der Waals surface area contributed by atoms with Crippen LogP contribution in [0.3, 0.4) is 0 Å². The first kappa shape index (κ1) is 28.7. The number of rotatable bonds is 12. The van der Waals surface area contributed by atoms with Gasteiger partial charge in [0.1, 0.15) is 17.6 Å². The average molecular weight is 564 g/mol. The Bertz CT molecular complexity index is 948. The van der Waals surface area contributed by atoms with Gasteiger partial charge < -0.3 is 20.1 Å². The highest BCUT2D eigenvalue weighted by atomic mass is 35.5. The molecule has 1 aliphatic rings. The number of hydrogen-bond acceptors (Lipinski definition) is 6. The van der Waals surface area contributed by atoms with Crippen molar-refractivity contribution in [3.8, 4) is 0 Å². The smallest absolute Gasteiger partial charge is 0.348 e. The molecular formula is C26H33Cl3O5S. The lowest BCUT2D eigenvalue weighted by Crippen LogP contribution is -2.30. The van der Waals surface area contributed by atoms with Gasteiger partial charge in [-0.25, -0.2) is 4.79 Å². The zero-order chi connectivity index (χ0) is 25.5. The number of esters is 1. The number of carbonyl (C=O) groups is 1. The number of halogens is 3. The molecule has 1 aromatic carbocycles. The van der Waals surface area contributed by atoms with Gasteiger partial charge in [0.05, 0.1) is 12.2 Å². The van der Waals surface area contributed by atoms with Gasteiger partial charge in [-0.1, -0.05) is 30.1 Å². The molecular weight excluding hydrogens is 531 g/mol. The number of aliphatic hydroxyl groups excluding tert-OH is 3. The van der Waals surface area contributed by atoms with Crippen LogP contribution in [0.1, 0.15) is 59.1 Å². The molecule has 194 valence electrons. The van der Waals surface area contributed by atoms with E-state index in [0.717, 1.165) is 42.5 Å². The first-order chi connectivity index (χ1) is 16.7. The van der Waals surface area contributed by atoms with Crippen molar-refractivity contribution in [2.75, 3.05) is 6.61 Å². The van der Waals surface area contributed by atoms with Crippen LogP contribution >= 0.6 is 46.1 Å². The number of ether oxygens (including phenoxy) is 1. The number of benzene rings is 1. The van der Waals surface area contributed by atoms with E-state index in [2.05, 4.69) is 0 Å². The summed E-state index contributed by atoms with van der Waals surface area (Å²) in [7, 11) is 0. The summed E-state index contributed by atoms with van der Waals surface area (Å²) in [5.41, 5.74) is 1.06. The summed E-state index contributed by atoms with van der Waals surface area (Å²) < 4.78 is 5.13. The lowest BCUT2D eigenvalue weighted by Gasteiger charge is -2.23. The fraction of sp³-hybridized carbons (Fsp3) is 0.577. The van der Waals surface area contributed by atoms with E-state index in [1.54, 1.807) is 19.1 Å². The minimum Gasteiger partial charge on any atom is -0.459 e. The third kappa shape index (κ3) is 8.32. The number of aryl methyl sites for hydroxylation is 2. The molecule has 0 bridgehead atoms. The van der Waals surface area contributed by atoms with Crippen molar-refractivity contribution in [3.63, 3.8) is 0 Å². The van der Waals surface area contributed by atoms with E-state index in [4.69, 9.17) is 39.5 Å². The molecule has 0 saturated heterocycles. The second kappa shape index (κ2) is 13.6. The molecule has 0 radical (unpaired) electrons. The van der Waals surface area contributed by atoms with Crippen molar-refractivity contribution >= 4 is 52.1 Å². The molecule has 1 fully saturated rings. The molecule has 0 unspecified atom stereocenters. The van der Waals surface area contributed by atoms with Gasteiger partial charge in [0.15, 0.2) is 0 Å². The maximum absolute atomic E-state index is 12.2. The van der Waals surface area contributed by atoms with Crippen LogP contribution in [0.5, 0.6) is 0 Å². The summed E-state index contributed by atoms with van der Waals surface area (Å²) in [6, 6.07) is 9.18. The molecule has 2 aromatic rings. The number of aliphatic hydroxyl groups is 3. The highest BCUT2D eigenvalue weighted by Crippen LogP contribution is 2.42. The molecule has 0 aliphatic heterocycles. The summed E-state index contributed by atoms with van der Waals surface area (Å²) in [4.78, 5) is 13.8. The van der Waals surface area contributed by atoms with Crippen molar-refractivity contribution in [1.29, 1.82) is 0 Å². The first-order valence-electron chi connectivity index (χ1n) is 12.1. The van der Waals surface area contributed by atoms with Crippen molar-refractivity contribution in [3.05, 3.63) is 55.7 Å². The minimum atomic E-state index is -1.09. The average Bonchev–Trinajstić information content (AvgIpc) is 3.38. The van der Waals surface area contributed by atoms with E-state index in [1.807, 2.05) is 18.2 Å². The van der Waals surface area contributed by atoms with Crippen LogP contribution in [-0.4, -0.2) is 51.6 Å². The van der Waals surface area contributed by atoms with Crippen LogP contribution in [0, 0.1) is 11.8 Å². The van der Waals surface area contributed by atoms with Gasteiger partial charge in [0.25, 0.3) is 0 Å². The van der Waals surface area contributed by atoms with E-state index in [0.29, 0.717) is 27.8 Å². The maximum atomic E-state index is 12.2. The summed E-state index contributed by atoms with van der Waals surface area (Å²) in [6.45, 7) is 1.52. The zero-order valence-electron chi connectivity index (χ0n) is 19.7. The Morgan fingerprint density at radius 2 is 1.80 bits per heavy atom. The molecule has 5 nitrogen and oxygen atoms in total. The second-order valence-corrected chi connectivity index (χ2v) is 11.9. The quantitative estimate of drug-likeness (QED) is 0.221. The first-order valence-corrected chi connectivity index (χ1v) is 14.1. The fourth-order valence-corrected chi connectivity index (χ4v) is 6.78. The molecule has 1 aromatic heterocycles. The van der Waals surface area contributed by atoms with Gasteiger partial charge in [0.2, 0.25) is 0 Å². The van der Waals surface area contributed by atoms with Gasteiger partial charge >= 0.3 is 5.97 Å². The van der Waals surface area contributed by atoms with Gasteiger partial charge in [-0.15, -0.1) is 22.9 Å². The molecule has 35 heavy (non-hydrogen) atoms. The molecule has 1 saturated carbocycles. The number of thiophene rings is 1. The standard InChI is InChI=1S/C26H33Cl3O5S/c1-2-22(30)24(32)14-34-26(33)25-9-7-18(35-25)4-3-5-19-20(23(31)13-21(19)29)8-6-15-10-16(27)12-17(28)11-15/h7,9-12,19-24,30-32H,2-6,8,13-14H2,1H3/t19-,20-,21-,22+,23-,24-/m1/s1. The Morgan fingerprint density at radius 1 is 1.09 bits per heavy atom. The summed E-state index contributed by atoms with van der Waals surface area (Å²) in [5.74, 6) is -0.157. The van der Waals surface area contributed by atoms with Gasteiger partial charge in [-0.2, -0.15) is 0 Å².